The summed E-state index contributed by atoms with van der Waals surface area (Å²) in [5.74, 6) is 1.92. The highest BCUT2D eigenvalue weighted by atomic mass is 16.6. The van der Waals surface area contributed by atoms with Gasteiger partial charge in [-0.15, -0.1) is 0 Å². The quantitative estimate of drug-likeness (QED) is 0.190. The third-order valence-corrected chi connectivity index (χ3v) is 8.03. The molecular weight excluding hydrogens is 592 g/mol. The van der Waals surface area contributed by atoms with Gasteiger partial charge in [0.05, 0.1) is 17.8 Å². The predicted octanol–water partition coefficient (Wildman–Crippen LogP) is 8.42. The fraction of sp³-hybridized carbons (Fsp3) is 0.405. The standard InChI is InChI=1S/C37H44N6O4/c1-24-31(45-23-25-11-9-8-10-12-25)14-13-30-32(24)46-34(40-30)29-19-26(20-38-33(29)41-36(2,3)4)27-21-39-43(22-27)28-15-17-42(18-16-28)35(44)47-37(5,6)7/h8-14,19-22,28H,15-18,23H2,1-7H3,(H,38,41). The molecule has 1 aliphatic rings. The van der Waals surface area contributed by atoms with Gasteiger partial charge >= 0.3 is 6.09 Å². The van der Waals surface area contributed by atoms with Crippen molar-refractivity contribution in [1.29, 1.82) is 0 Å². The number of nitrogens with one attached hydrogen (secondary N) is 1. The van der Waals surface area contributed by atoms with Gasteiger partial charge in [-0.25, -0.2) is 14.8 Å². The van der Waals surface area contributed by atoms with E-state index in [-0.39, 0.29) is 17.7 Å². The van der Waals surface area contributed by atoms with Crippen molar-refractivity contribution in [1.82, 2.24) is 24.6 Å². The molecule has 3 aromatic heterocycles. The Labute approximate surface area is 276 Å². The SMILES string of the molecule is Cc1c(OCc2ccccc2)ccc2nc(-c3cc(-c4cnn(C5CCN(C(=O)OC(C)(C)C)CC5)c4)cnc3NC(C)(C)C)oc12. The van der Waals surface area contributed by atoms with Crippen LogP contribution in [-0.2, 0) is 11.3 Å². The fourth-order valence-corrected chi connectivity index (χ4v) is 5.68. The Kier molecular flexibility index (Phi) is 8.70. The number of anilines is 1. The first-order valence-corrected chi connectivity index (χ1v) is 16.2. The van der Waals surface area contributed by atoms with E-state index in [1.807, 2.05) is 87.2 Å². The number of hydrogen-bond donors (Lipinski definition) is 1. The van der Waals surface area contributed by atoms with Crippen LogP contribution in [0, 0.1) is 6.92 Å². The van der Waals surface area contributed by atoms with Crippen LogP contribution < -0.4 is 10.1 Å². The average Bonchev–Trinajstić information content (AvgIpc) is 3.69. The number of aromatic nitrogens is 4. The largest absolute Gasteiger partial charge is 0.488 e. The number of amides is 1. The van der Waals surface area contributed by atoms with Crippen LogP contribution in [-0.4, -0.2) is 55.0 Å². The summed E-state index contributed by atoms with van der Waals surface area (Å²) in [4.78, 5) is 24.0. The van der Waals surface area contributed by atoms with Crippen molar-refractivity contribution in [2.24, 2.45) is 0 Å². The second-order valence-corrected chi connectivity index (χ2v) is 14.2. The minimum Gasteiger partial charge on any atom is -0.488 e. The summed E-state index contributed by atoms with van der Waals surface area (Å²) in [7, 11) is 0. The third-order valence-electron chi connectivity index (χ3n) is 8.03. The Balaban J connectivity index is 1.25. The number of carbonyl (C=O) groups is 1. The molecule has 0 bridgehead atoms. The van der Waals surface area contributed by atoms with Crippen LogP contribution in [0.5, 0.6) is 5.75 Å². The second-order valence-electron chi connectivity index (χ2n) is 14.2. The third kappa shape index (κ3) is 7.59. The molecule has 1 saturated heterocycles. The highest BCUT2D eigenvalue weighted by molar-refractivity contribution is 5.84. The second kappa shape index (κ2) is 12.7. The van der Waals surface area contributed by atoms with Crippen molar-refractivity contribution in [3.8, 4) is 28.3 Å². The lowest BCUT2D eigenvalue weighted by atomic mass is 10.0. The molecule has 1 N–H and O–H groups in total. The number of hydrogen-bond acceptors (Lipinski definition) is 8. The molecule has 2 aromatic carbocycles. The lowest BCUT2D eigenvalue weighted by molar-refractivity contribution is 0.0184. The molecule has 10 heteroatoms. The molecule has 1 fully saturated rings. The molecule has 6 rings (SSSR count). The van der Waals surface area contributed by atoms with Gasteiger partial charge in [0.2, 0.25) is 5.89 Å². The molecule has 0 saturated carbocycles. The zero-order valence-electron chi connectivity index (χ0n) is 28.3. The van der Waals surface area contributed by atoms with Gasteiger partial charge in [0.1, 0.15) is 29.3 Å². The number of rotatable bonds is 7. The zero-order valence-corrected chi connectivity index (χ0v) is 28.3. The van der Waals surface area contributed by atoms with Gasteiger partial charge in [-0.2, -0.15) is 5.10 Å². The molecular formula is C37H44N6O4. The van der Waals surface area contributed by atoms with Gasteiger partial charge in [-0.3, -0.25) is 4.68 Å². The van der Waals surface area contributed by atoms with E-state index < -0.39 is 5.60 Å². The van der Waals surface area contributed by atoms with Crippen molar-refractivity contribution in [2.45, 2.75) is 85.1 Å². The summed E-state index contributed by atoms with van der Waals surface area (Å²) in [6.45, 7) is 15.7. The molecule has 0 aliphatic carbocycles. The molecule has 0 radical (unpaired) electrons. The van der Waals surface area contributed by atoms with E-state index in [2.05, 4.69) is 38.4 Å². The fourth-order valence-electron chi connectivity index (χ4n) is 5.68. The van der Waals surface area contributed by atoms with Gasteiger partial charge in [-0.05, 0) is 85.1 Å². The summed E-state index contributed by atoms with van der Waals surface area (Å²) in [6.07, 6.45) is 7.12. The van der Waals surface area contributed by atoms with Crippen LogP contribution in [0.3, 0.4) is 0 Å². The molecule has 4 heterocycles. The van der Waals surface area contributed by atoms with E-state index in [0.29, 0.717) is 37.0 Å². The van der Waals surface area contributed by atoms with Gasteiger partial charge in [0.15, 0.2) is 5.58 Å². The number of likely N-dealkylation sites (tertiary alicyclic amines) is 1. The number of piperidine rings is 1. The normalized spacial score (nSPS) is 14.4. The van der Waals surface area contributed by atoms with Crippen molar-refractivity contribution in [3.63, 3.8) is 0 Å². The molecule has 0 atom stereocenters. The number of carbonyl (C=O) groups excluding carboxylic acids is 1. The summed E-state index contributed by atoms with van der Waals surface area (Å²) < 4.78 is 20.2. The Morgan fingerprint density at radius 2 is 1.74 bits per heavy atom. The number of benzene rings is 2. The molecule has 246 valence electrons. The molecule has 1 amide bonds. The van der Waals surface area contributed by atoms with E-state index in [4.69, 9.17) is 29.0 Å². The van der Waals surface area contributed by atoms with Crippen molar-refractivity contribution in [2.75, 3.05) is 18.4 Å². The van der Waals surface area contributed by atoms with Gasteiger partial charge in [0, 0.05) is 47.7 Å². The van der Waals surface area contributed by atoms with Gasteiger partial charge in [-0.1, -0.05) is 30.3 Å². The molecule has 47 heavy (non-hydrogen) atoms. The Morgan fingerprint density at radius 1 is 1.00 bits per heavy atom. The smallest absolute Gasteiger partial charge is 0.410 e. The monoisotopic (exact) mass is 636 g/mol. The number of ether oxygens (including phenoxy) is 2. The van der Waals surface area contributed by atoms with Crippen molar-refractivity contribution >= 4 is 23.0 Å². The number of fused-ring (bicyclic) bond motifs is 1. The van der Waals surface area contributed by atoms with E-state index in [0.717, 1.165) is 51.9 Å². The maximum absolute atomic E-state index is 12.5. The maximum atomic E-state index is 12.5. The van der Waals surface area contributed by atoms with Crippen LogP contribution in [0.25, 0.3) is 33.7 Å². The summed E-state index contributed by atoms with van der Waals surface area (Å²) in [5.41, 5.74) is 5.30. The first-order valence-electron chi connectivity index (χ1n) is 16.2. The van der Waals surface area contributed by atoms with Crippen LogP contribution in [0.15, 0.2) is 71.5 Å². The van der Waals surface area contributed by atoms with Crippen molar-refractivity contribution in [3.05, 3.63) is 78.2 Å². The average molecular weight is 637 g/mol. The van der Waals surface area contributed by atoms with E-state index in [1.54, 1.807) is 4.90 Å². The van der Waals surface area contributed by atoms with Crippen LogP contribution >= 0.6 is 0 Å². The Bertz CT molecular complexity index is 1860. The maximum Gasteiger partial charge on any atom is 0.410 e. The lowest BCUT2D eigenvalue weighted by Crippen LogP contribution is -2.42. The minimum atomic E-state index is -0.508. The van der Waals surface area contributed by atoms with Crippen molar-refractivity contribution < 1.29 is 18.7 Å². The van der Waals surface area contributed by atoms with E-state index in [9.17, 15) is 4.79 Å². The molecule has 0 spiro atoms. The number of pyridine rings is 1. The number of oxazole rings is 1. The molecule has 0 unspecified atom stereocenters. The minimum absolute atomic E-state index is 0.190. The first kappa shape index (κ1) is 32.1. The van der Waals surface area contributed by atoms with Crippen LogP contribution in [0.1, 0.15) is 71.6 Å². The first-order chi connectivity index (χ1) is 22.3. The van der Waals surface area contributed by atoms with Crippen LogP contribution in [0.4, 0.5) is 10.6 Å². The van der Waals surface area contributed by atoms with Crippen LogP contribution in [0.2, 0.25) is 0 Å². The number of aryl methyl sites for hydroxylation is 1. The number of nitrogens with zero attached hydrogens (tertiary/aromatic N) is 5. The highest BCUT2D eigenvalue weighted by Crippen LogP contribution is 2.37. The summed E-state index contributed by atoms with van der Waals surface area (Å²) in [5, 5.41) is 8.23. The highest BCUT2D eigenvalue weighted by Gasteiger charge is 2.28. The predicted molar refractivity (Wildman–Crippen MR) is 183 cm³/mol. The topological polar surface area (TPSA) is 108 Å². The molecule has 1 aliphatic heterocycles. The lowest BCUT2D eigenvalue weighted by Gasteiger charge is -2.33. The van der Waals surface area contributed by atoms with E-state index in [1.165, 1.54) is 0 Å². The summed E-state index contributed by atoms with van der Waals surface area (Å²) in [6, 6.07) is 16.2. The van der Waals surface area contributed by atoms with E-state index >= 15 is 0 Å². The molecule has 10 nitrogen and oxygen atoms in total. The Morgan fingerprint density at radius 3 is 2.45 bits per heavy atom. The van der Waals surface area contributed by atoms with Gasteiger partial charge in [0.25, 0.3) is 0 Å². The Hall–Kier alpha value is -4.86. The van der Waals surface area contributed by atoms with Gasteiger partial charge < -0.3 is 24.1 Å². The zero-order chi connectivity index (χ0) is 33.3. The summed E-state index contributed by atoms with van der Waals surface area (Å²) >= 11 is 0. The molecule has 5 aromatic rings.